The molecular weight excluding hydrogens is 1250 g/mol. The number of benzene rings is 4. The predicted octanol–water partition coefficient (Wildman–Crippen LogP) is 6.16. The minimum absolute atomic E-state index is 0.00515. The van der Waals surface area contributed by atoms with Crippen LogP contribution in [0.5, 0.6) is 0 Å². The third-order valence-corrected chi connectivity index (χ3v) is 19.2. The number of carbonyl (C=O) groups excluding carboxylic acids is 10. The van der Waals surface area contributed by atoms with Gasteiger partial charge in [0.15, 0.2) is 17.5 Å². The van der Waals surface area contributed by atoms with Gasteiger partial charge in [-0.25, -0.2) is 14.4 Å². The van der Waals surface area contributed by atoms with Crippen LogP contribution in [0, 0.1) is 28.6 Å². The Morgan fingerprint density at radius 2 is 1.34 bits per heavy atom. The second-order valence-electron chi connectivity index (χ2n) is 27.0. The highest BCUT2D eigenvalue weighted by atomic mass is 16.7. The lowest BCUT2D eigenvalue weighted by Gasteiger charge is -2.67. The molecule has 1 unspecified atom stereocenters. The molecule has 522 valence electrons. The van der Waals surface area contributed by atoms with Crippen LogP contribution in [0.15, 0.2) is 126 Å². The molecule has 1 aliphatic heterocycles. The lowest BCUT2D eigenvalue weighted by atomic mass is 9.44. The summed E-state index contributed by atoms with van der Waals surface area (Å²) in [6.07, 6.45) is -11.4. The Labute approximate surface area is 563 Å². The number of aliphatic hydroxyl groups excluding tert-OH is 1. The van der Waals surface area contributed by atoms with E-state index < -0.39 is 168 Å². The van der Waals surface area contributed by atoms with E-state index in [4.69, 9.17) is 44.6 Å². The van der Waals surface area contributed by atoms with Crippen molar-refractivity contribution in [1.82, 2.24) is 16.0 Å². The standard InChI is InChI=1S/C72H90N6O19/c1-39(2)34-50(77-65(86)55(74)40(3)4)64(85)76-49(28-20-21-33-73)63(84)75-48-31-29-44(30-32-48)37-91-68(89)95-58(56(45-22-14-11-15-23-45)78-62(83)46-24-16-12-17-25-46)67(88)94-51-36-72(90)61(96-66(87)47-26-18-13-19-27-47)59-70(10,52(81)35-53-71(59,38-92-53)97-43(7)80)60(82)57(93-42(6)79)54(41(51)5)69(72,8)9/h11-19,22-27,29-32,39-40,49-53,55-59,61,81,90H,20-21,28,33-38,73-74H2,1-10H3,(H,75,84)(H,76,85)(H,77,86)(H,78,83)/t49-,50-,51-,52-,53+,55+,56-,57+,58+,59?,61-,70+,71-,72+/m0/s1. The summed E-state index contributed by atoms with van der Waals surface area (Å²) in [5.74, 6) is -9.30. The van der Waals surface area contributed by atoms with Crippen molar-refractivity contribution in [3.05, 3.63) is 149 Å². The largest absolute Gasteiger partial charge is 0.509 e. The van der Waals surface area contributed by atoms with Crippen LogP contribution in [0.1, 0.15) is 146 Å². The van der Waals surface area contributed by atoms with Crippen molar-refractivity contribution in [2.45, 2.75) is 186 Å². The summed E-state index contributed by atoms with van der Waals surface area (Å²) in [5.41, 5.74) is 4.46. The maximum atomic E-state index is 15.9. The minimum atomic E-state index is -2.55. The number of anilines is 1. The van der Waals surface area contributed by atoms with Crippen molar-refractivity contribution in [2.24, 2.45) is 40.1 Å². The van der Waals surface area contributed by atoms with E-state index in [0.29, 0.717) is 30.6 Å². The molecule has 25 nitrogen and oxygen atoms in total. The third kappa shape index (κ3) is 16.1. The SMILES string of the molecule is CC(=O)O[C@H]1C(=O)[C@@]2(C)C([C@H](OC(=O)c3ccccc3)[C@]3(O)C[C@H](OC(=O)[C@H](OC(=O)OCc4ccc(NC(=O)[C@H](CCCCN)NC(=O)[C@H](CC(C)C)NC(=O)[C@H](N)C(C)C)cc4)[C@@H](NC(=O)c4ccccc4)c4ccccc4)C(C)=C1C3(C)C)[C@]1(OC(C)=O)CO[C@@H]1C[C@@H]2O. The number of ether oxygens (including phenoxy) is 7. The first-order valence-electron chi connectivity index (χ1n) is 32.7. The van der Waals surface area contributed by atoms with Crippen LogP contribution >= 0.6 is 0 Å². The highest BCUT2D eigenvalue weighted by Crippen LogP contribution is 2.64. The minimum Gasteiger partial charge on any atom is -0.455 e. The molecular formula is C72H90N6O19. The van der Waals surface area contributed by atoms with Crippen LogP contribution in [0.2, 0.25) is 0 Å². The molecule has 2 bridgehead atoms. The zero-order valence-corrected chi connectivity index (χ0v) is 56.3. The summed E-state index contributed by atoms with van der Waals surface area (Å²) in [5, 5.41) is 37.7. The number of hydrogen-bond acceptors (Lipinski definition) is 21. The van der Waals surface area contributed by atoms with E-state index in [1.54, 1.807) is 80.6 Å². The molecule has 4 amide bonds. The smallest absolute Gasteiger partial charge is 0.455 e. The van der Waals surface area contributed by atoms with Gasteiger partial charge in [0, 0.05) is 43.4 Å². The molecule has 1 heterocycles. The number of rotatable bonds is 26. The Balaban J connectivity index is 1.13. The van der Waals surface area contributed by atoms with Crippen molar-refractivity contribution in [3.8, 4) is 0 Å². The second kappa shape index (κ2) is 31.1. The maximum Gasteiger partial charge on any atom is 0.509 e. The van der Waals surface area contributed by atoms with Crippen molar-refractivity contribution in [2.75, 3.05) is 18.5 Å². The molecule has 8 rings (SSSR count). The number of nitrogens with one attached hydrogen (secondary N) is 4. The molecule has 0 radical (unpaired) electrons. The second-order valence-corrected chi connectivity index (χ2v) is 27.0. The van der Waals surface area contributed by atoms with Crippen LogP contribution in [-0.4, -0.2) is 149 Å². The van der Waals surface area contributed by atoms with E-state index in [-0.39, 0.29) is 58.9 Å². The monoisotopic (exact) mass is 1340 g/mol. The molecule has 10 N–H and O–H groups in total. The molecule has 25 heteroatoms. The summed E-state index contributed by atoms with van der Waals surface area (Å²) in [6, 6.07) is 25.3. The van der Waals surface area contributed by atoms with Crippen LogP contribution in [-0.2, 0) is 73.3 Å². The summed E-state index contributed by atoms with van der Waals surface area (Å²) in [4.78, 5) is 142. The topological polar surface area (TPSA) is 376 Å². The summed E-state index contributed by atoms with van der Waals surface area (Å²) in [7, 11) is 0. The van der Waals surface area contributed by atoms with Crippen molar-refractivity contribution in [3.63, 3.8) is 0 Å². The Bertz CT molecular complexity index is 3570. The molecule has 97 heavy (non-hydrogen) atoms. The average molecular weight is 1340 g/mol. The first-order valence-corrected chi connectivity index (χ1v) is 32.7. The van der Waals surface area contributed by atoms with Gasteiger partial charge in [0.25, 0.3) is 5.91 Å². The predicted molar refractivity (Wildman–Crippen MR) is 351 cm³/mol. The summed E-state index contributed by atoms with van der Waals surface area (Å²) in [6.45, 7) is 14.9. The molecule has 2 saturated carbocycles. The van der Waals surface area contributed by atoms with Crippen molar-refractivity contribution in [1.29, 1.82) is 0 Å². The van der Waals surface area contributed by atoms with Crippen molar-refractivity contribution < 1.29 is 91.3 Å². The molecule has 14 atom stereocenters. The highest BCUT2D eigenvalue weighted by molar-refractivity contribution is 5.99. The number of hydrogen-bond donors (Lipinski definition) is 8. The van der Waals surface area contributed by atoms with Crippen LogP contribution in [0.4, 0.5) is 10.5 Å². The molecule has 4 aromatic rings. The highest BCUT2D eigenvalue weighted by Gasteiger charge is 2.78. The number of esters is 4. The van der Waals surface area contributed by atoms with Gasteiger partial charge in [-0.15, -0.1) is 0 Å². The zero-order valence-electron chi connectivity index (χ0n) is 56.3. The Morgan fingerprint density at radius 3 is 1.91 bits per heavy atom. The van der Waals surface area contributed by atoms with E-state index in [0.717, 1.165) is 13.8 Å². The molecule has 1 saturated heterocycles. The quantitative estimate of drug-likeness (QED) is 0.0151. The first kappa shape index (κ1) is 73.9. The lowest BCUT2D eigenvalue weighted by Crippen LogP contribution is -2.82. The van der Waals surface area contributed by atoms with Gasteiger partial charge < -0.3 is 76.1 Å². The molecule has 4 aromatic carbocycles. The third-order valence-electron chi connectivity index (χ3n) is 19.2. The van der Waals surface area contributed by atoms with Gasteiger partial charge in [0.05, 0.1) is 35.6 Å². The lowest BCUT2D eigenvalue weighted by molar-refractivity contribution is -0.346. The van der Waals surface area contributed by atoms with Gasteiger partial charge in [0.1, 0.15) is 48.6 Å². The fourth-order valence-electron chi connectivity index (χ4n) is 13.8. The molecule has 0 aromatic heterocycles. The molecule has 4 aliphatic rings. The number of fused-ring (bicyclic) bond motifs is 5. The summed E-state index contributed by atoms with van der Waals surface area (Å²) < 4.78 is 42.7. The fraction of sp³-hybridized carbons (Fsp3) is 0.500. The number of nitrogens with two attached hydrogens (primary N) is 2. The average Bonchev–Trinajstić information content (AvgIpc) is 0.669. The van der Waals surface area contributed by atoms with E-state index in [1.807, 2.05) is 13.8 Å². The van der Waals surface area contributed by atoms with E-state index in [2.05, 4.69) is 21.3 Å². The van der Waals surface area contributed by atoms with E-state index >= 15 is 9.59 Å². The Morgan fingerprint density at radius 1 is 0.732 bits per heavy atom. The van der Waals surface area contributed by atoms with Crippen LogP contribution in [0.3, 0.4) is 0 Å². The van der Waals surface area contributed by atoms with E-state index in [9.17, 15) is 48.6 Å². The molecule has 3 aliphatic carbocycles. The maximum absolute atomic E-state index is 15.9. The van der Waals surface area contributed by atoms with Gasteiger partial charge in [-0.3, -0.25) is 33.6 Å². The number of Topliss-reactive ketones (excluding diaryl/α,β-unsaturated/α-hetero) is 1. The van der Waals surface area contributed by atoms with Crippen molar-refractivity contribution >= 4 is 65.1 Å². The summed E-state index contributed by atoms with van der Waals surface area (Å²) >= 11 is 0. The number of unbranched alkanes of at least 4 members (excludes halogenated alkanes) is 1. The van der Waals surface area contributed by atoms with Gasteiger partial charge in [0.2, 0.25) is 23.8 Å². The first-order chi connectivity index (χ1) is 45.9. The van der Waals surface area contributed by atoms with Gasteiger partial charge in [-0.1, -0.05) is 120 Å². The number of ketones is 1. The van der Waals surface area contributed by atoms with Gasteiger partial charge >= 0.3 is 30.0 Å². The zero-order chi connectivity index (χ0) is 70.9. The Hall–Kier alpha value is -8.88. The molecule has 0 spiro atoms. The number of aliphatic hydroxyl groups is 2. The van der Waals surface area contributed by atoms with Gasteiger partial charge in [-0.2, -0.15) is 0 Å². The fourth-order valence-corrected chi connectivity index (χ4v) is 13.8. The van der Waals surface area contributed by atoms with Crippen LogP contribution < -0.4 is 32.7 Å². The number of amides is 4. The molecule has 3 fully saturated rings. The number of carbonyl (C=O) groups is 10. The van der Waals surface area contributed by atoms with Gasteiger partial charge in [-0.05, 0) is 117 Å². The Kier molecular flexibility index (Phi) is 23.7. The normalized spacial score (nSPS) is 25.4. The van der Waals surface area contributed by atoms with Crippen LogP contribution in [0.25, 0.3) is 0 Å². The van der Waals surface area contributed by atoms with E-state index in [1.165, 1.54) is 76.2 Å².